The minimum absolute atomic E-state index is 0.0341. The summed E-state index contributed by atoms with van der Waals surface area (Å²) < 4.78 is 0. The number of hydrogen-bond acceptors (Lipinski definition) is 23. The zero-order valence-corrected chi connectivity index (χ0v) is 70.9. The summed E-state index contributed by atoms with van der Waals surface area (Å²) in [7, 11) is 0. The molecule has 0 spiro atoms. The van der Waals surface area contributed by atoms with E-state index in [1.165, 1.54) is 49.9 Å². The van der Waals surface area contributed by atoms with Crippen LogP contribution in [-0.4, -0.2) is 97.5 Å². The first-order valence-corrected chi connectivity index (χ1v) is 40.1. The minimum Gasteiger partial charge on any atom is -0.506 e. The number of pyridine rings is 5. The van der Waals surface area contributed by atoms with Crippen LogP contribution in [-0.2, 0) is 4.79 Å². The molecule has 0 bridgehead atoms. The van der Waals surface area contributed by atoms with E-state index in [1.54, 1.807) is 243 Å². The molecular formula is C99H87ClN20O11. The van der Waals surface area contributed by atoms with E-state index in [2.05, 4.69) is 82.7 Å². The maximum atomic E-state index is 12.5. The van der Waals surface area contributed by atoms with Crippen LogP contribution in [0.25, 0.3) is 11.1 Å². The average molecular weight is 1770 g/mol. The lowest BCUT2D eigenvalue weighted by atomic mass is 10.0. The van der Waals surface area contributed by atoms with Gasteiger partial charge in [-0.25, -0.2) is 15.0 Å². The number of hydrogen-bond donors (Lipinski definition) is 16. The number of aromatic nitrogens is 7. The lowest BCUT2D eigenvalue weighted by Crippen LogP contribution is -2.14. The molecule has 6 heterocycles. The second-order valence-electron chi connectivity index (χ2n) is 27.5. The number of nitrogen functional groups attached to an aromatic ring is 4. The van der Waals surface area contributed by atoms with Crippen LogP contribution in [0, 0.1) is 6.92 Å². The van der Waals surface area contributed by atoms with E-state index in [9.17, 15) is 53.7 Å². The van der Waals surface area contributed by atoms with Crippen LogP contribution in [0.15, 0.2) is 371 Å². The fourth-order valence-corrected chi connectivity index (χ4v) is 11.2. The Morgan fingerprint density at radius 1 is 0.282 bits per heavy atom. The van der Waals surface area contributed by atoms with Gasteiger partial charge in [0.05, 0.1) is 84.8 Å². The third kappa shape index (κ3) is 30.7. The molecule has 0 aliphatic heterocycles. The van der Waals surface area contributed by atoms with Crippen molar-refractivity contribution in [1.82, 2.24) is 34.9 Å². The molecule has 656 valence electrons. The highest BCUT2D eigenvalue weighted by molar-refractivity contribution is 6.29. The Hall–Kier alpha value is -18.5. The van der Waals surface area contributed by atoms with Gasteiger partial charge in [0, 0.05) is 90.9 Å². The van der Waals surface area contributed by atoms with Crippen molar-refractivity contribution in [2.24, 2.45) is 0 Å². The number of carbonyl (C=O) groups is 8. The van der Waals surface area contributed by atoms with E-state index >= 15 is 0 Å². The van der Waals surface area contributed by atoms with E-state index < -0.39 is 0 Å². The Morgan fingerprint density at radius 3 is 1.13 bits per heavy atom. The van der Waals surface area contributed by atoms with Gasteiger partial charge >= 0.3 is 0 Å². The fourth-order valence-electron chi connectivity index (χ4n) is 11.1. The molecule has 0 unspecified atom stereocenters. The molecule has 131 heavy (non-hydrogen) atoms. The van der Waals surface area contributed by atoms with Crippen molar-refractivity contribution < 1.29 is 53.7 Å². The molecule has 31 nitrogen and oxygen atoms in total. The van der Waals surface area contributed by atoms with Gasteiger partial charge in [-0.15, -0.1) is 0 Å². The number of amides is 8. The molecule has 20 N–H and O–H groups in total. The molecule has 16 aromatic rings. The predicted octanol–water partition coefficient (Wildman–Crippen LogP) is 18.1. The average Bonchev–Trinajstić information content (AvgIpc) is 0.828. The van der Waals surface area contributed by atoms with Gasteiger partial charge in [0.2, 0.25) is 11.9 Å². The van der Waals surface area contributed by atoms with Crippen molar-refractivity contribution in [3.63, 3.8) is 0 Å². The molecule has 0 fully saturated rings. The van der Waals surface area contributed by atoms with Crippen molar-refractivity contribution in [3.8, 4) is 28.4 Å². The van der Waals surface area contributed by atoms with E-state index in [1.807, 2.05) is 91.9 Å². The summed E-state index contributed by atoms with van der Waals surface area (Å²) in [6, 6.07) is 90.9. The van der Waals surface area contributed by atoms with Gasteiger partial charge in [-0.2, -0.15) is 0 Å². The second-order valence-corrected chi connectivity index (χ2v) is 27.8. The van der Waals surface area contributed by atoms with Gasteiger partial charge < -0.3 is 86.1 Å². The SMILES string of the molecule is CC(=O)Nc1ccc(C(=O)Nc2cc(-c3ccccc3)ccc2N)cc1.Cc1ccc(C(=O)Nc2ccccc2N)cn1.Nc1ccccc1NC(=O)c1ccc(Cl)nc1.Nc1ccccc1NC(=O)c1cnc(Nc2ccccc2)nc1.O=C(Nc1ccccc1O)c1ccccn1.O=C(Nc1ccccc1O)c1cccnc1.O=C(Nc1ccccc1O)c1ccncc1. The third-order valence-corrected chi connectivity index (χ3v) is 18.1. The van der Waals surface area contributed by atoms with Crippen molar-refractivity contribution >= 4 is 139 Å². The third-order valence-electron chi connectivity index (χ3n) is 17.8. The molecule has 0 atom stereocenters. The van der Waals surface area contributed by atoms with Crippen LogP contribution in [0.5, 0.6) is 17.2 Å². The summed E-state index contributed by atoms with van der Waals surface area (Å²) in [6.07, 6.45) is 13.6. The van der Waals surface area contributed by atoms with Gasteiger partial charge in [0.1, 0.15) is 28.1 Å². The Morgan fingerprint density at radius 2 is 0.679 bits per heavy atom. The number of aryl methyl sites for hydroxylation is 1. The molecule has 0 radical (unpaired) electrons. The maximum absolute atomic E-state index is 12.5. The van der Waals surface area contributed by atoms with Gasteiger partial charge in [-0.05, 0) is 200 Å². The number of para-hydroxylation sites is 13. The highest BCUT2D eigenvalue weighted by atomic mass is 35.5. The van der Waals surface area contributed by atoms with Crippen LogP contribution in [0.3, 0.4) is 0 Å². The summed E-state index contributed by atoms with van der Waals surface area (Å²) in [4.78, 5) is 122. The molecule has 0 aliphatic rings. The van der Waals surface area contributed by atoms with Crippen LogP contribution < -0.4 is 70.8 Å². The zero-order chi connectivity index (χ0) is 93.2. The number of nitrogens with two attached hydrogens (primary N) is 4. The molecule has 8 amide bonds. The van der Waals surface area contributed by atoms with Crippen LogP contribution in [0.1, 0.15) is 85.3 Å². The first-order valence-electron chi connectivity index (χ1n) is 39.7. The normalized spacial score (nSPS) is 9.95. The number of rotatable bonds is 18. The molecule has 0 saturated heterocycles. The second kappa shape index (κ2) is 49.1. The summed E-state index contributed by atoms with van der Waals surface area (Å²) in [5.74, 6) is -1.59. The largest absolute Gasteiger partial charge is 0.506 e. The van der Waals surface area contributed by atoms with E-state index in [0.717, 1.165) is 22.5 Å². The standard InChI is InChI=1S/C21H19N3O2.C17H15N5O.C13H13N3O.C12H10ClN3O.3C12H10N2O2/c1-14(25)23-18-10-7-16(8-11-18)21(26)24-20-13-17(9-12-19(20)22)15-5-3-2-4-6-15;18-14-8-4-5-9-15(14)22-16(23)12-10-19-17(20-11-12)21-13-6-2-1-3-7-13;1-9-6-7-10(8-15-9)13(17)16-12-5-3-2-4-11(12)14;13-11-6-5-8(7-15-11)12(17)16-10-4-2-1-3-9(10)14;15-11-7-2-1-5-9(11)14-12(16)10-6-3-4-8-13-10;15-11-6-2-1-5-10(11)14-12(16)9-4-3-7-13-8-9;15-11-4-2-1-3-10(11)14-12(16)9-5-7-13-8-6-9/h2-13H,22H2,1H3,(H,23,25)(H,24,26);1-11H,18H2,(H,22,23)(H,19,20,21);2-8H,14H2,1H3,(H,16,17);1-7H,14H2,(H,16,17);3*1-8,15H,(H,14,16). The Bertz CT molecular complexity index is 6160. The van der Waals surface area contributed by atoms with Crippen LogP contribution >= 0.6 is 11.6 Å². The number of aromatic hydroxyl groups is 3. The number of carbonyl (C=O) groups excluding carboxylic acids is 8. The summed E-state index contributed by atoms with van der Waals surface area (Å²) in [5, 5.41) is 53.3. The Labute approximate surface area is 757 Å². The summed E-state index contributed by atoms with van der Waals surface area (Å²) >= 11 is 5.64. The van der Waals surface area contributed by atoms with Crippen LogP contribution in [0.2, 0.25) is 5.15 Å². The smallest absolute Gasteiger partial charge is 0.274 e. The predicted molar refractivity (Wildman–Crippen MR) is 512 cm³/mol. The van der Waals surface area contributed by atoms with E-state index in [0.29, 0.717) is 118 Å². The number of phenolic OH excluding ortho intramolecular Hbond substituents is 3. The fraction of sp³-hybridized carbons (Fsp3) is 0.0202. The monoisotopic (exact) mass is 1770 g/mol. The topological polar surface area (TPSA) is 500 Å². The number of benzene rings is 10. The first-order chi connectivity index (χ1) is 63.4. The lowest BCUT2D eigenvalue weighted by Gasteiger charge is -2.11. The summed E-state index contributed by atoms with van der Waals surface area (Å²) in [5.41, 5.74) is 36.2. The molecule has 0 aliphatic carbocycles. The lowest BCUT2D eigenvalue weighted by molar-refractivity contribution is -0.114. The van der Waals surface area contributed by atoms with Crippen molar-refractivity contribution in [2.75, 3.05) is 70.8 Å². The quantitative estimate of drug-likeness (QED) is 0.0215. The van der Waals surface area contributed by atoms with Gasteiger partial charge in [-0.3, -0.25) is 58.3 Å². The zero-order valence-electron chi connectivity index (χ0n) is 70.1. The van der Waals surface area contributed by atoms with E-state index in [4.69, 9.17) is 34.5 Å². The highest BCUT2D eigenvalue weighted by Crippen LogP contribution is 2.30. The maximum Gasteiger partial charge on any atom is 0.274 e. The number of nitrogens with one attached hydrogen (secondary N) is 9. The molecular weight excluding hydrogens is 1680 g/mol. The molecule has 32 heteroatoms. The highest BCUT2D eigenvalue weighted by Gasteiger charge is 2.17. The minimum atomic E-state index is -0.345. The van der Waals surface area contributed by atoms with Gasteiger partial charge in [0.25, 0.3) is 41.4 Å². The van der Waals surface area contributed by atoms with Gasteiger partial charge in [0.15, 0.2) is 0 Å². The first kappa shape index (κ1) is 94.7. The van der Waals surface area contributed by atoms with Crippen molar-refractivity contribution in [1.29, 1.82) is 0 Å². The molecule has 6 aromatic heterocycles. The Kier molecular flexibility index (Phi) is 35.5. The van der Waals surface area contributed by atoms with Crippen molar-refractivity contribution in [2.45, 2.75) is 13.8 Å². The summed E-state index contributed by atoms with van der Waals surface area (Å²) in [6.45, 7) is 3.31. The molecule has 16 rings (SSSR count). The van der Waals surface area contributed by atoms with Gasteiger partial charge in [-0.1, -0.05) is 145 Å². The van der Waals surface area contributed by atoms with E-state index in [-0.39, 0.29) is 64.5 Å². The number of anilines is 14. The molecule has 0 saturated carbocycles. The van der Waals surface area contributed by atoms with Crippen molar-refractivity contribution in [3.05, 3.63) is 421 Å². The number of nitrogens with zero attached hydrogens (tertiary/aromatic N) is 7. The van der Waals surface area contributed by atoms with Crippen LogP contribution in [0.4, 0.5) is 79.9 Å². The Balaban J connectivity index is 0.000000160. The number of phenols is 3. The molecule has 10 aromatic carbocycles. The number of halogens is 1.